The van der Waals surface area contributed by atoms with E-state index in [9.17, 15) is 10.1 Å². The maximum absolute atomic E-state index is 13.9. The fourth-order valence-corrected chi connectivity index (χ4v) is 6.24. The molecule has 0 aliphatic heterocycles. The van der Waals surface area contributed by atoms with Gasteiger partial charge in [-0.1, -0.05) is 58.0 Å². The first-order chi connectivity index (χ1) is 16.9. The summed E-state index contributed by atoms with van der Waals surface area (Å²) in [6.07, 6.45) is 3.23. The molecule has 2 atom stereocenters. The average Bonchev–Trinajstić information content (AvgIpc) is 3.13. The van der Waals surface area contributed by atoms with Crippen LogP contribution in [0.5, 0.6) is 0 Å². The molecule has 1 amide bonds. The minimum Gasteiger partial charge on any atom is -0.407 e. The number of amides is 1. The first-order valence-electron chi connectivity index (χ1n) is 12.9. The van der Waals surface area contributed by atoms with Gasteiger partial charge in [0.15, 0.2) is 8.32 Å². The zero-order valence-corrected chi connectivity index (χ0v) is 23.6. The molecule has 36 heavy (non-hydrogen) atoms. The zero-order valence-electron chi connectivity index (χ0n) is 22.6. The van der Waals surface area contributed by atoms with Crippen LogP contribution < -0.4 is 5.32 Å². The second-order valence-electron chi connectivity index (χ2n) is 11.8. The molecular weight excluding hydrogens is 464 g/mol. The van der Waals surface area contributed by atoms with Crippen LogP contribution in [0, 0.1) is 17.2 Å². The number of hydrogen-bond acceptors (Lipinski definition) is 4. The number of nitrogens with zero attached hydrogens (tertiary/aromatic N) is 3. The topological polar surface area (TPSA) is 79.9 Å². The Balaban J connectivity index is 1.71. The zero-order chi connectivity index (χ0) is 26.3. The molecule has 1 heterocycles. The number of fused-ring (bicyclic) bond motifs is 1. The van der Waals surface area contributed by atoms with Crippen LogP contribution in [0.3, 0.4) is 0 Å². The molecule has 1 N–H and O–H groups in total. The normalized spacial score (nSPS) is 17.2. The number of carbonyl (C=O) groups is 1. The van der Waals surface area contributed by atoms with E-state index >= 15 is 0 Å². The summed E-state index contributed by atoms with van der Waals surface area (Å²) in [5.41, 5.74) is 2.45. The molecule has 4 rings (SSSR count). The Bertz CT molecular complexity index is 1300. The number of imidazole rings is 1. The molecule has 7 heteroatoms. The van der Waals surface area contributed by atoms with Crippen molar-refractivity contribution in [3.05, 3.63) is 59.7 Å². The van der Waals surface area contributed by atoms with Crippen LogP contribution in [0.4, 0.5) is 5.95 Å². The molecular formula is C29H38N4O2Si. The van der Waals surface area contributed by atoms with Crippen LogP contribution >= 0.6 is 0 Å². The van der Waals surface area contributed by atoms with Crippen LogP contribution in [0.15, 0.2) is 48.5 Å². The van der Waals surface area contributed by atoms with Gasteiger partial charge in [0.1, 0.15) is 0 Å². The van der Waals surface area contributed by atoms with E-state index in [1.54, 1.807) is 6.07 Å². The fourth-order valence-electron chi connectivity index (χ4n) is 4.58. The molecule has 1 saturated carbocycles. The lowest BCUT2D eigenvalue weighted by Gasteiger charge is -2.46. The summed E-state index contributed by atoms with van der Waals surface area (Å²) in [6.45, 7) is 15.1. The second-order valence-corrected chi connectivity index (χ2v) is 16.5. The summed E-state index contributed by atoms with van der Waals surface area (Å²) < 4.78 is 9.12. The van der Waals surface area contributed by atoms with E-state index in [0.29, 0.717) is 11.5 Å². The van der Waals surface area contributed by atoms with Crippen molar-refractivity contribution in [1.82, 2.24) is 9.55 Å². The first-order valence-corrected chi connectivity index (χ1v) is 15.8. The maximum atomic E-state index is 13.9. The van der Waals surface area contributed by atoms with Gasteiger partial charge in [0.05, 0.1) is 34.2 Å². The van der Waals surface area contributed by atoms with Crippen LogP contribution in [0.1, 0.15) is 71.0 Å². The fraction of sp³-hybridized carbons (Fsp3) is 0.483. The Morgan fingerprint density at radius 1 is 1.17 bits per heavy atom. The molecule has 1 fully saturated rings. The largest absolute Gasteiger partial charge is 0.407 e. The first kappa shape index (κ1) is 26.1. The number of aromatic nitrogens is 2. The van der Waals surface area contributed by atoms with E-state index in [4.69, 9.17) is 9.41 Å². The predicted molar refractivity (Wildman–Crippen MR) is 147 cm³/mol. The van der Waals surface area contributed by atoms with Crippen molar-refractivity contribution in [3.63, 3.8) is 0 Å². The predicted octanol–water partition coefficient (Wildman–Crippen LogP) is 7.14. The Morgan fingerprint density at radius 3 is 2.39 bits per heavy atom. The molecule has 1 aliphatic carbocycles. The lowest BCUT2D eigenvalue weighted by atomic mass is 9.83. The second kappa shape index (κ2) is 9.49. The molecule has 3 aromatic rings. The highest BCUT2D eigenvalue weighted by atomic mass is 28.4. The van der Waals surface area contributed by atoms with Crippen molar-refractivity contribution < 1.29 is 9.22 Å². The average molecular weight is 503 g/mol. The van der Waals surface area contributed by atoms with Gasteiger partial charge >= 0.3 is 0 Å². The van der Waals surface area contributed by atoms with Gasteiger partial charge in [0.2, 0.25) is 11.9 Å². The Hall–Kier alpha value is -2.95. The third-order valence-electron chi connectivity index (χ3n) is 8.33. The van der Waals surface area contributed by atoms with Gasteiger partial charge in [-0.2, -0.15) is 5.26 Å². The van der Waals surface area contributed by atoms with E-state index in [1.165, 1.54) is 0 Å². The highest BCUT2D eigenvalue weighted by Crippen LogP contribution is 2.45. The third kappa shape index (κ3) is 4.72. The molecule has 6 nitrogen and oxygen atoms in total. The van der Waals surface area contributed by atoms with Crippen molar-refractivity contribution in [2.75, 3.05) is 5.32 Å². The van der Waals surface area contributed by atoms with Gasteiger partial charge in [-0.15, -0.1) is 0 Å². The SMILES string of the molecule is C[C@H](C(=O)Nc1nc2ccc(C#N)cc2n1C1CCC1)[C@@](C)(O[Si](C)(C)C(C)(C)C)c1ccccc1. The lowest BCUT2D eigenvalue weighted by molar-refractivity contribution is -0.126. The van der Waals surface area contributed by atoms with Gasteiger partial charge in [-0.3, -0.25) is 10.1 Å². The molecule has 0 radical (unpaired) electrons. The maximum Gasteiger partial charge on any atom is 0.232 e. The summed E-state index contributed by atoms with van der Waals surface area (Å²) in [5, 5.41) is 12.6. The molecule has 0 saturated heterocycles. The number of anilines is 1. The Morgan fingerprint density at radius 2 is 1.83 bits per heavy atom. The van der Waals surface area contributed by atoms with E-state index in [-0.39, 0.29) is 17.0 Å². The highest BCUT2D eigenvalue weighted by Gasteiger charge is 2.48. The molecule has 190 valence electrons. The minimum atomic E-state index is -2.22. The van der Waals surface area contributed by atoms with Crippen molar-refractivity contribution >= 4 is 31.2 Å². The van der Waals surface area contributed by atoms with Crippen LogP contribution in [0.2, 0.25) is 18.1 Å². The van der Waals surface area contributed by atoms with Crippen molar-refractivity contribution in [2.24, 2.45) is 5.92 Å². The highest BCUT2D eigenvalue weighted by molar-refractivity contribution is 6.74. The monoisotopic (exact) mass is 502 g/mol. The van der Waals surface area contributed by atoms with E-state index < -0.39 is 19.8 Å². The summed E-state index contributed by atoms with van der Waals surface area (Å²) in [6, 6.07) is 18.1. The van der Waals surface area contributed by atoms with E-state index in [2.05, 4.69) is 49.8 Å². The van der Waals surface area contributed by atoms with Crippen LogP contribution in [-0.4, -0.2) is 23.8 Å². The number of benzene rings is 2. The number of carbonyl (C=O) groups excluding carboxylic acids is 1. The Kier molecular flexibility index (Phi) is 6.89. The van der Waals surface area contributed by atoms with Crippen molar-refractivity contribution in [3.8, 4) is 6.07 Å². The molecule has 0 spiro atoms. The smallest absolute Gasteiger partial charge is 0.232 e. The molecule has 0 unspecified atom stereocenters. The standard InChI is InChI=1S/C29H38N4O2Si/c1-20(29(5,22-12-9-8-10-13-22)35-36(6,7)28(2,3)4)26(34)32-27-31-24-17-16-21(19-30)18-25(24)33(27)23-14-11-15-23/h8-10,12-13,16-18,20,23H,11,14-15H2,1-7H3,(H,31,32,34)/t20-,29-/m1/s1. The van der Waals surface area contributed by atoms with Crippen molar-refractivity contribution in [1.29, 1.82) is 5.26 Å². The molecule has 2 aromatic carbocycles. The van der Waals surface area contributed by atoms with Gasteiger partial charge in [0.25, 0.3) is 0 Å². The molecule has 1 aliphatic rings. The molecule has 1 aromatic heterocycles. The van der Waals surface area contributed by atoms with Gasteiger partial charge < -0.3 is 8.99 Å². The van der Waals surface area contributed by atoms with E-state index in [0.717, 1.165) is 35.9 Å². The molecule has 0 bridgehead atoms. The quantitative estimate of drug-likeness (QED) is 0.348. The summed E-state index contributed by atoms with van der Waals surface area (Å²) >= 11 is 0. The lowest BCUT2D eigenvalue weighted by Crippen LogP contribution is -2.52. The Labute approximate surface area is 215 Å². The summed E-state index contributed by atoms with van der Waals surface area (Å²) in [5.74, 6) is -0.0563. The number of nitrogens with one attached hydrogen (secondary N) is 1. The van der Waals surface area contributed by atoms with Gasteiger partial charge in [-0.05, 0) is 68.1 Å². The summed E-state index contributed by atoms with van der Waals surface area (Å²) in [7, 11) is -2.22. The minimum absolute atomic E-state index is 0.00408. The summed E-state index contributed by atoms with van der Waals surface area (Å²) in [4.78, 5) is 18.6. The van der Waals surface area contributed by atoms with Crippen molar-refractivity contribution in [2.45, 2.75) is 83.7 Å². The number of hydrogen-bond donors (Lipinski definition) is 1. The third-order valence-corrected chi connectivity index (χ3v) is 12.9. The number of rotatable bonds is 7. The van der Waals surface area contributed by atoms with Crippen LogP contribution in [-0.2, 0) is 14.8 Å². The van der Waals surface area contributed by atoms with E-state index in [1.807, 2.05) is 56.3 Å². The number of nitriles is 1. The van der Waals surface area contributed by atoms with Crippen LogP contribution in [0.25, 0.3) is 11.0 Å². The van der Waals surface area contributed by atoms with Gasteiger partial charge in [-0.25, -0.2) is 4.98 Å². The van der Waals surface area contributed by atoms with Gasteiger partial charge in [0, 0.05) is 6.04 Å².